The summed E-state index contributed by atoms with van der Waals surface area (Å²) in [6.45, 7) is 0.504. The molecule has 1 aromatic carbocycles. The van der Waals surface area contributed by atoms with E-state index in [1.54, 1.807) is 18.2 Å². The number of piperidine rings is 1. The summed E-state index contributed by atoms with van der Waals surface area (Å²) < 4.78 is 4.76. The molecule has 0 bridgehead atoms. The Labute approximate surface area is 133 Å². The van der Waals surface area contributed by atoms with E-state index in [2.05, 4.69) is 5.32 Å². The molecule has 1 atom stereocenters. The van der Waals surface area contributed by atoms with Gasteiger partial charge in [0.25, 0.3) is 0 Å². The van der Waals surface area contributed by atoms with Crippen LogP contribution in [0.5, 0.6) is 0 Å². The fourth-order valence-corrected chi connectivity index (χ4v) is 2.67. The first kappa shape index (κ1) is 15.9. The maximum atomic E-state index is 12.4. The molecular formula is C14H16Cl2N2O3. The van der Waals surface area contributed by atoms with Gasteiger partial charge in [0.2, 0.25) is 0 Å². The van der Waals surface area contributed by atoms with E-state index in [0.717, 1.165) is 12.8 Å². The lowest BCUT2D eigenvalue weighted by Crippen LogP contribution is -2.50. The van der Waals surface area contributed by atoms with Gasteiger partial charge in [0.1, 0.15) is 6.04 Å². The molecule has 0 aromatic heterocycles. The number of carbonyl (C=O) groups excluding carboxylic acids is 2. The second kappa shape index (κ2) is 7.00. The number of hydrogen-bond donors (Lipinski definition) is 1. The number of ether oxygens (including phenoxy) is 1. The molecule has 1 unspecified atom stereocenters. The van der Waals surface area contributed by atoms with Gasteiger partial charge in [-0.15, -0.1) is 0 Å². The summed E-state index contributed by atoms with van der Waals surface area (Å²) in [7, 11) is 1.32. The number of halogens is 2. The molecule has 0 aliphatic carbocycles. The van der Waals surface area contributed by atoms with Crippen LogP contribution in [0.3, 0.4) is 0 Å². The summed E-state index contributed by atoms with van der Waals surface area (Å²) in [5.74, 6) is -0.401. The van der Waals surface area contributed by atoms with E-state index in [1.165, 1.54) is 12.0 Å². The second-order valence-electron chi connectivity index (χ2n) is 4.78. The normalized spacial score (nSPS) is 18.2. The van der Waals surface area contributed by atoms with Gasteiger partial charge in [-0.3, -0.25) is 0 Å². The van der Waals surface area contributed by atoms with E-state index < -0.39 is 12.0 Å². The number of amides is 2. The molecule has 1 fully saturated rings. The Morgan fingerprint density at radius 2 is 2.10 bits per heavy atom. The first-order chi connectivity index (χ1) is 10.0. The summed E-state index contributed by atoms with van der Waals surface area (Å²) in [4.78, 5) is 25.6. The second-order valence-corrected chi connectivity index (χ2v) is 5.63. The molecule has 1 aliphatic rings. The van der Waals surface area contributed by atoms with Gasteiger partial charge in [0, 0.05) is 11.6 Å². The summed E-state index contributed by atoms with van der Waals surface area (Å²) in [6.07, 6.45) is 2.34. The Bertz CT molecular complexity index is 551. The SMILES string of the molecule is COC(=O)C1CCCCN1C(=O)Nc1cc(Cl)ccc1Cl. The third-order valence-electron chi connectivity index (χ3n) is 3.41. The number of likely N-dealkylation sites (tertiary alicyclic amines) is 1. The van der Waals surface area contributed by atoms with E-state index in [0.29, 0.717) is 28.7 Å². The molecule has 21 heavy (non-hydrogen) atoms. The van der Waals surface area contributed by atoms with Gasteiger partial charge in [0.15, 0.2) is 0 Å². The van der Waals surface area contributed by atoms with Gasteiger partial charge in [-0.1, -0.05) is 23.2 Å². The molecule has 114 valence electrons. The number of benzene rings is 1. The van der Waals surface area contributed by atoms with Crippen LogP contribution in [0.15, 0.2) is 18.2 Å². The van der Waals surface area contributed by atoms with Crippen LogP contribution in [-0.2, 0) is 9.53 Å². The van der Waals surface area contributed by atoms with Crippen LogP contribution in [0.2, 0.25) is 10.0 Å². The minimum Gasteiger partial charge on any atom is -0.467 e. The van der Waals surface area contributed by atoms with Crippen molar-refractivity contribution in [2.24, 2.45) is 0 Å². The first-order valence-electron chi connectivity index (χ1n) is 6.63. The lowest BCUT2D eigenvalue weighted by Gasteiger charge is -2.33. The van der Waals surface area contributed by atoms with Crippen LogP contribution in [0.1, 0.15) is 19.3 Å². The van der Waals surface area contributed by atoms with Crippen LogP contribution in [-0.4, -0.2) is 36.6 Å². The van der Waals surface area contributed by atoms with Crippen molar-refractivity contribution < 1.29 is 14.3 Å². The highest BCUT2D eigenvalue weighted by Gasteiger charge is 2.33. The number of methoxy groups -OCH3 is 1. The average Bonchev–Trinajstić information content (AvgIpc) is 2.50. The number of anilines is 1. The number of hydrogen-bond acceptors (Lipinski definition) is 3. The molecule has 1 heterocycles. The Hall–Kier alpha value is -1.46. The Kier molecular flexibility index (Phi) is 5.31. The van der Waals surface area contributed by atoms with E-state index in [9.17, 15) is 9.59 Å². The molecule has 1 N–H and O–H groups in total. The lowest BCUT2D eigenvalue weighted by molar-refractivity contribution is -0.146. The topological polar surface area (TPSA) is 58.6 Å². The van der Waals surface area contributed by atoms with E-state index >= 15 is 0 Å². The summed E-state index contributed by atoms with van der Waals surface area (Å²) in [5, 5.41) is 3.55. The standard InChI is InChI=1S/C14H16Cl2N2O3/c1-21-13(19)12-4-2-3-7-18(12)14(20)17-11-8-9(15)5-6-10(11)16/h5-6,8,12H,2-4,7H2,1H3,(H,17,20). The number of esters is 1. The van der Waals surface area contributed by atoms with E-state index in [-0.39, 0.29) is 6.03 Å². The zero-order valence-electron chi connectivity index (χ0n) is 11.6. The lowest BCUT2D eigenvalue weighted by atomic mass is 10.0. The molecule has 2 rings (SSSR count). The minimum atomic E-state index is -0.554. The number of nitrogens with zero attached hydrogens (tertiary/aromatic N) is 1. The van der Waals surface area contributed by atoms with Crippen molar-refractivity contribution in [2.45, 2.75) is 25.3 Å². The van der Waals surface area contributed by atoms with Crippen molar-refractivity contribution >= 4 is 40.9 Å². The van der Waals surface area contributed by atoms with Crippen LogP contribution in [0, 0.1) is 0 Å². The van der Waals surface area contributed by atoms with Crippen LogP contribution >= 0.6 is 23.2 Å². The van der Waals surface area contributed by atoms with Gasteiger partial charge in [-0.25, -0.2) is 9.59 Å². The third kappa shape index (κ3) is 3.80. The number of nitrogens with one attached hydrogen (secondary N) is 1. The molecule has 1 aromatic rings. The van der Waals surface area contributed by atoms with E-state index in [1.807, 2.05) is 0 Å². The van der Waals surface area contributed by atoms with Gasteiger partial charge < -0.3 is 15.0 Å². The van der Waals surface area contributed by atoms with Crippen molar-refractivity contribution in [3.05, 3.63) is 28.2 Å². The van der Waals surface area contributed by atoms with Gasteiger partial charge in [-0.05, 0) is 37.5 Å². The van der Waals surface area contributed by atoms with E-state index in [4.69, 9.17) is 27.9 Å². The first-order valence-corrected chi connectivity index (χ1v) is 7.39. The largest absolute Gasteiger partial charge is 0.467 e. The molecule has 0 saturated carbocycles. The summed E-state index contributed by atoms with van der Waals surface area (Å²) in [6, 6.07) is 3.88. The van der Waals surface area contributed by atoms with Gasteiger partial charge >= 0.3 is 12.0 Å². The average molecular weight is 331 g/mol. The zero-order chi connectivity index (χ0) is 15.4. The number of rotatable bonds is 2. The fourth-order valence-electron chi connectivity index (χ4n) is 2.34. The highest BCUT2D eigenvalue weighted by Crippen LogP contribution is 2.27. The highest BCUT2D eigenvalue weighted by atomic mass is 35.5. The Morgan fingerprint density at radius 1 is 1.33 bits per heavy atom. The van der Waals surface area contributed by atoms with Crippen molar-refractivity contribution in [1.29, 1.82) is 0 Å². The van der Waals surface area contributed by atoms with Gasteiger partial charge in [0.05, 0.1) is 17.8 Å². The molecular weight excluding hydrogens is 315 g/mol. The molecule has 1 aliphatic heterocycles. The molecule has 5 nitrogen and oxygen atoms in total. The van der Waals surface area contributed by atoms with Crippen molar-refractivity contribution in [1.82, 2.24) is 4.90 Å². The smallest absolute Gasteiger partial charge is 0.328 e. The third-order valence-corrected chi connectivity index (χ3v) is 3.97. The van der Waals surface area contributed by atoms with Crippen molar-refractivity contribution in [3.63, 3.8) is 0 Å². The quantitative estimate of drug-likeness (QED) is 0.843. The minimum absolute atomic E-state index is 0.380. The monoisotopic (exact) mass is 330 g/mol. The Morgan fingerprint density at radius 3 is 2.81 bits per heavy atom. The van der Waals surface area contributed by atoms with Crippen molar-refractivity contribution in [3.8, 4) is 0 Å². The van der Waals surface area contributed by atoms with Crippen LogP contribution in [0.4, 0.5) is 10.5 Å². The molecule has 1 saturated heterocycles. The highest BCUT2D eigenvalue weighted by molar-refractivity contribution is 6.35. The molecule has 7 heteroatoms. The molecule has 0 radical (unpaired) electrons. The summed E-state index contributed by atoms with van der Waals surface area (Å²) >= 11 is 11.9. The Balaban J connectivity index is 2.14. The predicted molar refractivity (Wildman–Crippen MR) is 81.8 cm³/mol. The number of carbonyl (C=O) groups is 2. The van der Waals surface area contributed by atoms with Crippen LogP contribution in [0.25, 0.3) is 0 Å². The maximum absolute atomic E-state index is 12.4. The van der Waals surface area contributed by atoms with Gasteiger partial charge in [-0.2, -0.15) is 0 Å². The summed E-state index contributed by atoms with van der Waals surface area (Å²) in [5.41, 5.74) is 0.420. The maximum Gasteiger partial charge on any atom is 0.328 e. The fraction of sp³-hybridized carbons (Fsp3) is 0.429. The van der Waals surface area contributed by atoms with Crippen molar-refractivity contribution in [2.75, 3.05) is 19.0 Å². The molecule has 0 spiro atoms. The number of urea groups is 1. The predicted octanol–water partition coefficient (Wildman–Crippen LogP) is 3.55. The molecule has 2 amide bonds. The van der Waals surface area contributed by atoms with Crippen LogP contribution < -0.4 is 5.32 Å². The zero-order valence-corrected chi connectivity index (χ0v) is 13.1.